The van der Waals surface area contributed by atoms with Crippen molar-refractivity contribution in [1.82, 2.24) is 20.1 Å². The molecule has 0 spiro atoms. The third kappa shape index (κ3) is 7.36. The van der Waals surface area contributed by atoms with Crippen LogP contribution in [0.2, 0.25) is 0 Å². The highest BCUT2D eigenvalue weighted by Crippen LogP contribution is 2.33. The second-order valence-corrected chi connectivity index (χ2v) is 9.15. The molecule has 1 fully saturated rings. The number of rotatable bonds is 10. The van der Waals surface area contributed by atoms with Crippen molar-refractivity contribution in [3.05, 3.63) is 35.7 Å². The molecule has 3 rings (SSSR count). The number of halogens is 3. The van der Waals surface area contributed by atoms with Crippen LogP contribution in [0.3, 0.4) is 0 Å². The van der Waals surface area contributed by atoms with E-state index < -0.39 is 11.7 Å². The summed E-state index contributed by atoms with van der Waals surface area (Å²) in [5, 5.41) is 15.2. The van der Waals surface area contributed by atoms with Crippen LogP contribution in [0.4, 0.5) is 18.9 Å². The minimum atomic E-state index is -4.40. The second-order valence-electron chi connectivity index (χ2n) is 8.21. The molecule has 1 heterocycles. The summed E-state index contributed by atoms with van der Waals surface area (Å²) in [7, 11) is 1.58. The molecule has 1 saturated carbocycles. The highest BCUT2D eigenvalue weighted by atomic mass is 32.2. The average Bonchev–Trinajstić information content (AvgIpc) is 3.19. The first-order valence-corrected chi connectivity index (χ1v) is 12.0. The number of alkyl halides is 3. The molecule has 11 heteroatoms. The van der Waals surface area contributed by atoms with Crippen molar-refractivity contribution in [3.63, 3.8) is 0 Å². The molecule has 1 aliphatic rings. The predicted octanol–water partition coefficient (Wildman–Crippen LogP) is 4.66. The Kier molecular flexibility index (Phi) is 9.02. The summed E-state index contributed by atoms with van der Waals surface area (Å²) in [6.45, 7) is 2.54. The van der Waals surface area contributed by atoms with Crippen molar-refractivity contribution in [1.29, 1.82) is 0 Å². The van der Waals surface area contributed by atoms with Gasteiger partial charge in [0, 0.05) is 24.9 Å². The lowest BCUT2D eigenvalue weighted by Crippen LogP contribution is -2.36. The standard InChI is InChI=1S/C22H30F3N5O2S/c1-15(13-32-2)27-20(31)14-33-21-29-28-19(30(21)18-9-4-3-5-10-18)12-26-17-8-6-7-16(11-17)22(23,24)25/h6-8,11,15,18,26H,3-5,9-10,12-14H2,1-2H3,(H,27,31). The van der Waals surface area contributed by atoms with Gasteiger partial charge in [-0.15, -0.1) is 10.2 Å². The maximum atomic E-state index is 13.0. The van der Waals surface area contributed by atoms with Gasteiger partial charge in [0.25, 0.3) is 0 Å². The van der Waals surface area contributed by atoms with E-state index in [1.54, 1.807) is 13.2 Å². The van der Waals surface area contributed by atoms with Crippen molar-refractivity contribution in [3.8, 4) is 0 Å². The highest BCUT2D eigenvalue weighted by Gasteiger charge is 2.30. The Hall–Kier alpha value is -2.27. The molecule has 7 nitrogen and oxygen atoms in total. The molecule has 2 N–H and O–H groups in total. The minimum absolute atomic E-state index is 0.0912. The van der Waals surface area contributed by atoms with E-state index in [1.165, 1.54) is 24.2 Å². The quantitative estimate of drug-likeness (QED) is 0.477. The number of amides is 1. The molecule has 182 valence electrons. The fraction of sp³-hybridized carbons (Fsp3) is 0.591. The number of benzene rings is 1. The van der Waals surface area contributed by atoms with Crippen LogP contribution in [-0.2, 0) is 22.3 Å². The average molecular weight is 486 g/mol. The maximum absolute atomic E-state index is 13.0. The maximum Gasteiger partial charge on any atom is 0.416 e. The summed E-state index contributed by atoms with van der Waals surface area (Å²) in [4.78, 5) is 12.3. The van der Waals surface area contributed by atoms with Gasteiger partial charge in [0.1, 0.15) is 0 Å². The second kappa shape index (κ2) is 11.7. The molecule has 1 aromatic carbocycles. The number of carbonyl (C=O) groups excluding carboxylic acids is 1. The molecule has 1 aliphatic carbocycles. The monoisotopic (exact) mass is 485 g/mol. The fourth-order valence-corrected chi connectivity index (χ4v) is 4.79. The molecule has 0 bridgehead atoms. The highest BCUT2D eigenvalue weighted by molar-refractivity contribution is 7.99. The van der Waals surface area contributed by atoms with Gasteiger partial charge in [-0.25, -0.2) is 0 Å². The van der Waals surface area contributed by atoms with E-state index >= 15 is 0 Å². The number of nitrogens with one attached hydrogen (secondary N) is 2. The van der Waals surface area contributed by atoms with Gasteiger partial charge >= 0.3 is 6.18 Å². The summed E-state index contributed by atoms with van der Waals surface area (Å²) < 4.78 is 46.1. The van der Waals surface area contributed by atoms with Gasteiger partial charge in [-0.2, -0.15) is 13.2 Å². The third-order valence-corrected chi connectivity index (χ3v) is 6.41. The molecule has 0 radical (unpaired) electrons. The molecule has 0 saturated heterocycles. The van der Waals surface area contributed by atoms with Gasteiger partial charge in [0.2, 0.25) is 5.91 Å². The van der Waals surface area contributed by atoms with Gasteiger partial charge in [-0.3, -0.25) is 4.79 Å². The number of ether oxygens (including phenoxy) is 1. The van der Waals surface area contributed by atoms with Crippen molar-refractivity contribution >= 4 is 23.4 Å². The Labute approximate surface area is 195 Å². The van der Waals surface area contributed by atoms with E-state index in [0.29, 0.717) is 23.3 Å². The van der Waals surface area contributed by atoms with Crippen LogP contribution in [0.15, 0.2) is 29.4 Å². The number of methoxy groups -OCH3 is 1. The van der Waals surface area contributed by atoms with Crippen LogP contribution in [0, 0.1) is 0 Å². The Balaban J connectivity index is 1.71. The van der Waals surface area contributed by atoms with E-state index in [0.717, 1.165) is 37.8 Å². The number of hydrogen-bond donors (Lipinski definition) is 2. The summed E-state index contributed by atoms with van der Waals surface area (Å²) in [6.07, 6.45) is 0.951. The van der Waals surface area contributed by atoms with Gasteiger partial charge in [-0.1, -0.05) is 37.1 Å². The van der Waals surface area contributed by atoms with Crippen LogP contribution < -0.4 is 10.6 Å². The largest absolute Gasteiger partial charge is 0.416 e. The van der Waals surface area contributed by atoms with E-state index in [2.05, 4.69) is 25.4 Å². The zero-order valence-corrected chi connectivity index (χ0v) is 19.6. The lowest BCUT2D eigenvalue weighted by atomic mass is 9.95. The first-order valence-electron chi connectivity index (χ1n) is 11.0. The predicted molar refractivity (Wildman–Crippen MR) is 121 cm³/mol. The number of hydrogen-bond acceptors (Lipinski definition) is 6. The number of carbonyl (C=O) groups is 1. The van der Waals surface area contributed by atoms with Crippen LogP contribution in [0.25, 0.3) is 0 Å². The summed E-state index contributed by atoms with van der Waals surface area (Å²) in [5.41, 5.74) is -0.338. The summed E-state index contributed by atoms with van der Waals surface area (Å²) in [5.74, 6) is 0.723. The normalized spacial score (nSPS) is 15.9. The first-order chi connectivity index (χ1) is 15.8. The summed E-state index contributed by atoms with van der Waals surface area (Å²) >= 11 is 1.32. The van der Waals surface area contributed by atoms with Crippen LogP contribution in [-0.4, -0.2) is 46.2 Å². The van der Waals surface area contributed by atoms with E-state index in [4.69, 9.17) is 4.74 Å². The molecule has 1 unspecified atom stereocenters. The molecule has 2 aromatic rings. The number of aromatic nitrogens is 3. The van der Waals surface area contributed by atoms with Crippen molar-refractivity contribution in [2.24, 2.45) is 0 Å². The SMILES string of the molecule is COCC(C)NC(=O)CSc1nnc(CNc2cccc(C(F)(F)F)c2)n1C1CCCCC1. The summed E-state index contributed by atoms with van der Waals surface area (Å²) in [6, 6.07) is 5.22. The lowest BCUT2D eigenvalue weighted by Gasteiger charge is -2.25. The van der Waals surface area contributed by atoms with Gasteiger partial charge < -0.3 is 19.9 Å². The number of anilines is 1. The molecular formula is C22H30F3N5O2S. The molecule has 1 atom stereocenters. The Morgan fingerprint density at radius 2 is 2.03 bits per heavy atom. The van der Waals surface area contributed by atoms with E-state index in [-0.39, 0.29) is 30.3 Å². The Bertz CT molecular complexity index is 916. The zero-order valence-electron chi connectivity index (χ0n) is 18.8. The zero-order chi connectivity index (χ0) is 23.8. The molecule has 1 amide bonds. The first kappa shape index (κ1) is 25.4. The van der Waals surface area contributed by atoms with Crippen molar-refractivity contribution in [2.75, 3.05) is 24.8 Å². The van der Waals surface area contributed by atoms with Gasteiger partial charge in [0.15, 0.2) is 11.0 Å². The fourth-order valence-electron chi connectivity index (χ4n) is 3.96. The van der Waals surface area contributed by atoms with Crippen LogP contribution in [0.5, 0.6) is 0 Å². The smallest absolute Gasteiger partial charge is 0.383 e. The van der Waals surface area contributed by atoms with Crippen LogP contribution in [0.1, 0.15) is 56.5 Å². The Morgan fingerprint density at radius 1 is 1.27 bits per heavy atom. The van der Waals surface area contributed by atoms with Crippen molar-refractivity contribution in [2.45, 2.75) is 69.0 Å². The molecular weight excluding hydrogens is 455 g/mol. The van der Waals surface area contributed by atoms with E-state index in [9.17, 15) is 18.0 Å². The molecule has 33 heavy (non-hydrogen) atoms. The number of nitrogens with zero attached hydrogens (tertiary/aromatic N) is 3. The van der Waals surface area contributed by atoms with Gasteiger partial charge in [0.05, 0.1) is 24.5 Å². The molecule has 1 aromatic heterocycles. The van der Waals surface area contributed by atoms with Gasteiger partial charge in [-0.05, 0) is 38.0 Å². The topological polar surface area (TPSA) is 81.1 Å². The Morgan fingerprint density at radius 3 is 2.73 bits per heavy atom. The minimum Gasteiger partial charge on any atom is -0.383 e. The van der Waals surface area contributed by atoms with E-state index in [1.807, 2.05) is 6.92 Å². The lowest BCUT2D eigenvalue weighted by molar-refractivity contribution is -0.137. The van der Waals surface area contributed by atoms with Crippen LogP contribution >= 0.6 is 11.8 Å². The molecule has 0 aliphatic heterocycles. The third-order valence-electron chi connectivity index (χ3n) is 5.47. The number of thioether (sulfide) groups is 1. The van der Waals surface area contributed by atoms with Crippen molar-refractivity contribution < 1.29 is 22.7 Å².